The summed E-state index contributed by atoms with van der Waals surface area (Å²) in [7, 11) is 0. The lowest BCUT2D eigenvalue weighted by Gasteiger charge is -2.20. The Hall–Kier alpha value is -0.900. The van der Waals surface area contributed by atoms with Gasteiger partial charge in [0.1, 0.15) is 6.42 Å². The summed E-state index contributed by atoms with van der Waals surface area (Å²) >= 11 is 0. The van der Waals surface area contributed by atoms with E-state index in [4.69, 9.17) is 4.74 Å². The van der Waals surface area contributed by atoms with Gasteiger partial charge in [0.25, 0.3) is 0 Å². The van der Waals surface area contributed by atoms with Crippen LogP contribution in [0.1, 0.15) is 52.9 Å². The van der Waals surface area contributed by atoms with Crippen molar-refractivity contribution in [3.8, 4) is 0 Å². The molecule has 106 valence electrons. The molecule has 0 rings (SSSR count). The van der Waals surface area contributed by atoms with Gasteiger partial charge in [0.15, 0.2) is 5.78 Å². The number of carbonyl (C=O) groups excluding carboxylic acids is 2. The molecule has 0 spiro atoms. The Bertz CT molecular complexity index is 233. The fraction of sp³-hybridized carbons (Fsp3) is 0.857. The van der Waals surface area contributed by atoms with Crippen molar-refractivity contribution < 1.29 is 14.3 Å². The highest BCUT2D eigenvalue weighted by atomic mass is 16.5. The second-order valence-electron chi connectivity index (χ2n) is 4.50. The summed E-state index contributed by atoms with van der Waals surface area (Å²) in [6.07, 6.45) is 4.33. The number of carbonyl (C=O) groups is 2. The molecule has 0 saturated heterocycles. The summed E-state index contributed by atoms with van der Waals surface area (Å²) < 4.78 is 4.78. The van der Waals surface area contributed by atoms with Crippen molar-refractivity contribution in [1.82, 2.24) is 4.90 Å². The first-order valence-corrected chi connectivity index (χ1v) is 7.03. The lowest BCUT2D eigenvalue weighted by molar-refractivity contribution is -0.145. The van der Waals surface area contributed by atoms with Crippen LogP contribution in [0.2, 0.25) is 0 Å². The molecule has 0 saturated carbocycles. The molecule has 0 radical (unpaired) electrons. The van der Waals surface area contributed by atoms with E-state index in [9.17, 15) is 9.59 Å². The number of esters is 1. The Morgan fingerprint density at radius 1 is 1.00 bits per heavy atom. The van der Waals surface area contributed by atoms with E-state index in [0.29, 0.717) is 13.2 Å². The summed E-state index contributed by atoms with van der Waals surface area (Å²) in [5.74, 6) is -0.450. The second kappa shape index (κ2) is 11.2. The SMILES string of the molecule is CCCCN(CCCC)CC(=O)CC(=O)OCC. The Morgan fingerprint density at radius 3 is 2.00 bits per heavy atom. The Balaban J connectivity index is 4.03. The lowest BCUT2D eigenvalue weighted by Crippen LogP contribution is -2.32. The third-order valence-corrected chi connectivity index (χ3v) is 2.70. The van der Waals surface area contributed by atoms with Gasteiger partial charge in [-0.2, -0.15) is 0 Å². The minimum absolute atomic E-state index is 0.0411. The summed E-state index contributed by atoms with van der Waals surface area (Å²) in [6.45, 7) is 8.60. The maximum atomic E-state index is 11.7. The molecule has 0 aliphatic heterocycles. The highest BCUT2D eigenvalue weighted by molar-refractivity contribution is 5.96. The van der Waals surface area contributed by atoms with Crippen LogP contribution in [0, 0.1) is 0 Å². The molecule has 0 amide bonds. The largest absolute Gasteiger partial charge is 0.466 e. The number of ether oxygens (including phenoxy) is 1. The van der Waals surface area contributed by atoms with Crippen molar-refractivity contribution in [3.63, 3.8) is 0 Å². The zero-order valence-corrected chi connectivity index (χ0v) is 12.0. The molecule has 0 aliphatic carbocycles. The Labute approximate surface area is 111 Å². The fourth-order valence-corrected chi connectivity index (χ4v) is 1.71. The average molecular weight is 257 g/mol. The number of rotatable bonds is 11. The molecule has 0 atom stereocenters. The van der Waals surface area contributed by atoms with E-state index in [1.54, 1.807) is 6.92 Å². The topological polar surface area (TPSA) is 46.6 Å². The van der Waals surface area contributed by atoms with Crippen LogP contribution >= 0.6 is 0 Å². The first-order chi connectivity index (χ1) is 8.63. The van der Waals surface area contributed by atoms with Crippen LogP contribution in [-0.4, -0.2) is 42.9 Å². The second-order valence-corrected chi connectivity index (χ2v) is 4.50. The van der Waals surface area contributed by atoms with Gasteiger partial charge in [0.05, 0.1) is 13.2 Å². The van der Waals surface area contributed by atoms with E-state index >= 15 is 0 Å². The van der Waals surface area contributed by atoms with Gasteiger partial charge in [-0.3, -0.25) is 14.5 Å². The molecular weight excluding hydrogens is 230 g/mol. The summed E-state index contributed by atoms with van der Waals surface area (Å²) in [5.41, 5.74) is 0. The number of hydrogen-bond acceptors (Lipinski definition) is 4. The third-order valence-electron chi connectivity index (χ3n) is 2.70. The van der Waals surface area contributed by atoms with E-state index in [2.05, 4.69) is 18.7 Å². The van der Waals surface area contributed by atoms with Crippen LogP contribution in [0.15, 0.2) is 0 Å². The van der Waals surface area contributed by atoms with Crippen molar-refractivity contribution in [2.45, 2.75) is 52.9 Å². The minimum atomic E-state index is -0.409. The van der Waals surface area contributed by atoms with Crippen LogP contribution in [0.5, 0.6) is 0 Å². The first-order valence-electron chi connectivity index (χ1n) is 7.03. The highest BCUT2D eigenvalue weighted by Gasteiger charge is 2.14. The van der Waals surface area contributed by atoms with Crippen LogP contribution in [0.4, 0.5) is 0 Å². The minimum Gasteiger partial charge on any atom is -0.466 e. The molecule has 0 fully saturated rings. The van der Waals surface area contributed by atoms with Crippen LogP contribution in [-0.2, 0) is 14.3 Å². The predicted octanol–water partition coefficient (Wildman–Crippen LogP) is 2.41. The van der Waals surface area contributed by atoms with Gasteiger partial charge in [0.2, 0.25) is 0 Å². The van der Waals surface area contributed by atoms with E-state index in [1.165, 1.54) is 0 Å². The fourth-order valence-electron chi connectivity index (χ4n) is 1.71. The Morgan fingerprint density at radius 2 is 1.56 bits per heavy atom. The molecule has 0 heterocycles. The lowest BCUT2D eigenvalue weighted by atomic mass is 10.2. The quantitative estimate of drug-likeness (QED) is 0.421. The number of nitrogens with zero attached hydrogens (tertiary/aromatic N) is 1. The number of ketones is 1. The van der Waals surface area contributed by atoms with Crippen molar-refractivity contribution in [1.29, 1.82) is 0 Å². The molecule has 4 nitrogen and oxygen atoms in total. The molecule has 0 aliphatic rings. The molecule has 0 bridgehead atoms. The van der Waals surface area contributed by atoms with E-state index in [1.807, 2.05) is 0 Å². The molecule has 4 heteroatoms. The van der Waals surface area contributed by atoms with Crippen LogP contribution in [0.3, 0.4) is 0 Å². The van der Waals surface area contributed by atoms with Crippen molar-refractivity contribution >= 4 is 11.8 Å². The number of unbranched alkanes of at least 4 members (excludes halogenated alkanes) is 2. The maximum Gasteiger partial charge on any atom is 0.313 e. The van der Waals surface area contributed by atoms with Gasteiger partial charge in [-0.05, 0) is 32.9 Å². The van der Waals surface area contributed by atoms with E-state index < -0.39 is 5.97 Å². The van der Waals surface area contributed by atoms with Crippen LogP contribution in [0.25, 0.3) is 0 Å². The summed E-state index contributed by atoms with van der Waals surface area (Å²) in [5, 5.41) is 0. The number of hydrogen-bond donors (Lipinski definition) is 0. The summed E-state index contributed by atoms with van der Waals surface area (Å²) in [6, 6.07) is 0. The third kappa shape index (κ3) is 9.16. The van der Waals surface area contributed by atoms with Crippen molar-refractivity contribution in [2.75, 3.05) is 26.2 Å². The van der Waals surface area contributed by atoms with Gasteiger partial charge in [0, 0.05) is 0 Å². The van der Waals surface area contributed by atoms with Crippen molar-refractivity contribution in [2.24, 2.45) is 0 Å². The molecule has 18 heavy (non-hydrogen) atoms. The average Bonchev–Trinajstić information content (AvgIpc) is 2.32. The monoisotopic (exact) mass is 257 g/mol. The molecule has 0 unspecified atom stereocenters. The first kappa shape index (κ1) is 17.1. The van der Waals surface area contributed by atoms with Gasteiger partial charge >= 0.3 is 5.97 Å². The smallest absolute Gasteiger partial charge is 0.313 e. The molecule has 0 aromatic carbocycles. The highest BCUT2D eigenvalue weighted by Crippen LogP contribution is 2.01. The molecule has 0 N–H and O–H groups in total. The van der Waals surface area contributed by atoms with Crippen LogP contribution < -0.4 is 0 Å². The van der Waals surface area contributed by atoms with Gasteiger partial charge in [-0.25, -0.2) is 0 Å². The Kier molecular flexibility index (Phi) is 10.6. The van der Waals surface area contributed by atoms with Crippen molar-refractivity contribution in [3.05, 3.63) is 0 Å². The summed E-state index contributed by atoms with van der Waals surface area (Å²) in [4.78, 5) is 25.1. The maximum absolute atomic E-state index is 11.7. The van der Waals surface area contributed by atoms with E-state index in [-0.39, 0.29) is 12.2 Å². The van der Waals surface area contributed by atoms with E-state index in [0.717, 1.165) is 38.8 Å². The van der Waals surface area contributed by atoms with Gasteiger partial charge in [-0.1, -0.05) is 26.7 Å². The normalized spacial score (nSPS) is 10.7. The predicted molar refractivity (Wildman–Crippen MR) is 72.5 cm³/mol. The zero-order chi connectivity index (χ0) is 13.8. The molecular formula is C14H27NO3. The molecule has 0 aromatic rings. The van der Waals surface area contributed by atoms with Gasteiger partial charge < -0.3 is 4.74 Å². The van der Waals surface area contributed by atoms with Gasteiger partial charge in [-0.15, -0.1) is 0 Å². The number of Topliss-reactive ketones (excluding diaryl/α,β-unsaturated/α-hetero) is 1. The zero-order valence-electron chi connectivity index (χ0n) is 12.0. The molecule has 0 aromatic heterocycles. The standard InChI is InChI=1S/C14H27NO3/c1-4-7-9-15(10-8-5-2)12-13(16)11-14(17)18-6-3/h4-12H2,1-3H3.